The average molecular weight is 288 g/mol. The summed E-state index contributed by atoms with van der Waals surface area (Å²) in [6.45, 7) is 1.78. The highest BCUT2D eigenvalue weighted by atomic mass is 32.2. The number of pyridine rings is 2. The summed E-state index contributed by atoms with van der Waals surface area (Å²) >= 11 is 0. The van der Waals surface area contributed by atoms with Gasteiger partial charge in [-0.2, -0.15) is 5.26 Å². The zero-order chi connectivity index (χ0) is 14.8. The molecule has 0 N–H and O–H groups in total. The maximum Gasteiger partial charge on any atom is 0.266 e. The molecule has 0 bridgehead atoms. The predicted molar refractivity (Wildman–Crippen MR) is 73.5 cm³/mol. The van der Waals surface area contributed by atoms with Crippen LogP contribution in [0, 0.1) is 18.3 Å². The van der Waals surface area contributed by atoms with Gasteiger partial charge in [-0.1, -0.05) is 6.07 Å². The van der Waals surface area contributed by atoms with Gasteiger partial charge in [0, 0.05) is 18.9 Å². The Bertz CT molecular complexity index is 764. The highest BCUT2D eigenvalue weighted by molar-refractivity contribution is 7.92. The Morgan fingerprint density at radius 1 is 1.25 bits per heavy atom. The summed E-state index contributed by atoms with van der Waals surface area (Å²) < 4.78 is 25.9. The molecule has 2 rings (SSSR count). The van der Waals surface area contributed by atoms with Crippen molar-refractivity contribution in [1.82, 2.24) is 9.97 Å². The molecule has 0 aliphatic carbocycles. The number of hydrogen-bond acceptors (Lipinski definition) is 5. The van der Waals surface area contributed by atoms with Crippen molar-refractivity contribution in [3.63, 3.8) is 0 Å². The van der Waals surface area contributed by atoms with Crippen molar-refractivity contribution in [3.8, 4) is 6.07 Å². The maximum absolute atomic E-state index is 12.4. The first-order valence-corrected chi connectivity index (χ1v) is 7.18. The van der Waals surface area contributed by atoms with E-state index in [0.717, 1.165) is 10.00 Å². The third-order valence-electron chi connectivity index (χ3n) is 2.71. The van der Waals surface area contributed by atoms with Gasteiger partial charge in [0.05, 0.1) is 0 Å². The first kappa shape index (κ1) is 14.0. The molecule has 0 aromatic carbocycles. The molecule has 0 radical (unpaired) electrons. The van der Waals surface area contributed by atoms with Crippen molar-refractivity contribution in [3.05, 3.63) is 47.9 Å². The largest absolute Gasteiger partial charge is 0.266 e. The summed E-state index contributed by atoms with van der Waals surface area (Å²) in [7, 11) is -2.31. The second kappa shape index (κ2) is 5.27. The summed E-state index contributed by atoms with van der Waals surface area (Å²) in [5.74, 6) is 0.328. The molecule has 0 saturated heterocycles. The quantitative estimate of drug-likeness (QED) is 0.853. The lowest BCUT2D eigenvalue weighted by atomic mass is 10.4. The molecule has 0 amide bonds. The van der Waals surface area contributed by atoms with Crippen LogP contribution in [0.25, 0.3) is 0 Å². The molecule has 20 heavy (non-hydrogen) atoms. The predicted octanol–water partition coefficient (Wildman–Crippen LogP) is 1.48. The first-order chi connectivity index (χ1) is 9.45. The minimum Gasteiger partial charge on any atom is -0.253 e. The molecule has 102 valence electrons. The SMILES string of the molecule is Cc1cccc(N(C)S(=O)(=O)c2ccc(C#N)nc2)n1. The van der Waals surface area contributed by atoms with E-state index in [-0.39, 0.29) is 10.6 Å². The molecule has 0 aliphatic rings. The van der Waals surface area contributed by atoms with Crippen molar-refractivity contribution in [2.24, 2.45) is 0 Å². The Morgan fingerprint density at radius 3 is 2.55 bits per heavy atom. The summed E-state index contributed by atoms with van der Waals surface area (Å²) in [5, 5.41) is 8.67. The molecule has 7 heteroatoms. The van der Waals surface area contributed by atoms with Crippen LogP contribution in [0.5, 0.6) is 0 Å². The maximum atomic E-state index is 12.4. The fourth-order valence-corrected chi connectivity index (χ4v) is 2.67. The number of aryl methyl sites for hydroxylation is 1. The molecule has 0 saturated carbocycles. The van der Waals surface area contributed by atoms with Gasteiger partial charge in [0.15, 0.2) is 0 Å². The molecule has 0 aliphatic heterocycles. The Balaban J connectivity index is 2.41. The van der Waals surface area contributed by atoms with E-state index < -0.39 is 10.0 Å². The van der Waals surface area contributed by atoms with Crippen LogP contribution < -0.4 is 4.31 Å². The number of nitrogens with zero attached hydrogens (tertiary/aromatic N) is 4. The molecule has 2 aromatic heterocycles. The number of hydrogen-bond donors (Lipinski definition) is 0. The van der Waals surface area contributed by atoms with Crippen molar-refractivity contribution >= 4 is 15.8 Å². The lowest BCUT2D eigenvalue weighted by molar-refractivity contribution is 0.593. The molecule has 6 nitrogen and oxygen atoms in total. The zero-order valence-corrected chi connectivity index (χ0v) is 11.8. The fourth-order valence-electron chi connectivity index (χ4n) is 1.58. The van der Waals surface area contributed by atoms with Crippen LogP contribution in [-0.4, -0.2) is 25.4 Å². The highest BCUT2D eigenvalue weighted by Crippen LogP contribution is 2.19. The summed E-state index contributed by atoms with van der Waals surface area (Å²) in [6, 6.07) is 9.70. The topological polar surface area (TPSA) is 87.0 Å². The van der Waals surface area contributed by atoms with Crippen LogP contribution in [0.2, 0.25) is 0 Å². The molecular formula is C13H12N4O2S. The number of anilines is 1. The van der Waals surface area contributed by atoms with Gasteiger partial charge in [0.25, 0.3) is 10.0 Å². The minimum absolute atomic E-state index is 0.0160. The second-order valence-electron chi connectivity index (χ2n) is 4.10. The fraction of sp³-hybridized carbons (Fsp3) is 0.154. The van der Waals surface area contributed by atoms with E-state index >= 15 is 0 Å². The van der Waals surface area contributed by atoms with Crippen LogP contribution >= 0.6 is 0 Å². The molecule has 0 fully saturated rings. The molecule has 2 heterocycles. The van der Waals surface area contributed by atoms with Gasteiger partial charge < -0.3 is 0 Å². The Hall–Kier alpha value is -2.46. The summed E-state index contributed by atoms with van der Waals surface area (Å²) in [6.07, 6.45) is 1.17. The summed E-state index contributed by atoms with van der Waals surface area (Å²) in [5.41, 5.74) is 0.891. The third-order valence-corrected chi connectivity index (χ3v) is 4.45. The third kappa shape index (κ3) is 2.60. The van der Waals surface area contributed by atoms with Crippen LogP contribution in [0.4, 0.5) is 5.82 Å². The number of aromatic nitrogens is 2. The lowest BCUT2D eigenvalue weighted by Crippen LogP contribution is -2.27. The monoisotopic (exact) mass is 288 g/mol. The molecule has 0 spiro atoms. The van der Waals surface area contributed by atoms with Crippen LogP contribution in [-0.2, 0) is 10.0 Å². The first-order valence-electron chi connectivity index (χ1n) is 5.74. The normalized spacial score (nSPS) is 10.8. The van der Waals surface area contributed by atoms with Crippen LogP contribution in [0.1, 0.15) is 11.4 Å². The second-order valence-corrected chi connectivity index (χ2v) is 6.07. The zero-order valence-electron chi connectivity index (χ0n) is 11.0. The molecule has 2 aromatic rings. The van der Waals surface area contributed by atoms with Gasteiger partial charge >= 0.3 is 0 Å². The average Bonchev–Trinajstić information content (AvgIpc) is 2.46. The van der Waals surface area contributed by atoms with Gasteiger partial charge in [0.2, 0.25) is 0 Å². The minimum atomic E-state index is -3.73. The van der Waals surface area contributed by atoms with Crippen molar-refractivity contribution in [1.29, 1.82) is 5.26 Å². The number of nitriles is 1. The van der Waals surface area contributed by atoms with Gasteiger partial charge in [-0.05, 0) is 31.2 Å². The van der Waals surface area contributed by atoms with Gasteiger partial charge in [-0.15, -0.1) is 0 Å². The molecular weight excluding hydrogens is 276 g/mol. The van der Waals surface area contributed by atoms with Crippen LogP contribution in [0.15, 0.2) is 41.4 Å². The van der Waals surface area contributed by atoms with Crippen LogP contribution in [0.3, 0.4) is 0 Å². The highest BCUT2D eigenvalue weighted by Gasteiger charge is 2.22. The van der Waals surface area contributed by atoms with E-state index in [1.165, 1.54) is 25.4 Å². The van der Waals surface area contributed by atoms with Crippen molar-refractivity contribution in [2.75, 3.05) is 11.4 Å². The van der Waals surface area contributed by atoms with E-state index in [9.17, 15) is 8.42 Å². The van der Waals surface area contributed by atoms with E-state index in [2.05, 4.69) is 9.97 Å². The Morgan fingerprint density at radius 2 is 2.00 bits per heavy atom. The standard InChI is InChI=1S/C13H12N4O2S/c1-10-4-3-5-13(16-10)17(2)20(18,19)12-7-6-11(8-14)15-9-12/h3-7,9H,1-2H3. The molecule has 0 unspecified atom stereocenters. The van der Waals surface area contributed by atoms with E-state index in [0.29, 0.717) is 5.82 Å². The smallest absolute Gasteiger partial charge is 0.253 e. The Labute approximate surface area is 117 Å². The van der Waals surface area contributed by atoms with E-state index in [1.807, 2.05) is 6.07 Å². The summed E-state index contributed by atoms with van der Waals surface area (Å²) in [4.78, 5) is 7.96. The lowest BCUT2D eigenvalue weighted by Gasteiger charge is -2.18. The van der Waals surface area contributed by atoms with E-state index in [4.69, 9.17) is 5.26 Å². The van der Waals surface area contributed by atoms with E-state index in [1.54, 1.807) is 25.1 Å². The van der Waals surface area contributed by atoms with Gasteiger partial charge in [-0.25, -0.2) is 18.4 Å². The number of rotatable bonds is 3. The van der Waals surface area contributed by atoms with Gasteiger partial charge in [0.1, 0.15) is 22.5 Å². The van der Waals surface area contributed by atoms with Gasteiger partial charge in [-0.3, -0.25) is 4.31 Å². The molecule has 0 atom stereocenters. The Kier molecular flexibility index (Phi) is 3.68. The van der Waals surface area contributed by atoms with Crippen molar-refractivity contribution in [2.45, 2.75) is 11.8 Å². The van der Waals surface area contributed by atoms with Crippen molar-refractivity contribution < 1.29 is 8.42 Å². The number of sulfonamides is 1.